The Labute approximate surface area is 116 Å². The lowest BCUT2D eigenvalue weighted by Gasteiger charge is -2.23. The molecule has 0 saturated carbocycles. The maximum Gasteiger partial charge on any atom is 0.245 e. The van der Waals surface area contributed by atoms with Gasteiger partial charge in [-0.25, -0.2) is 13.4 Å². The molecular formula is C11H16N4O2S2. The quantitative estimate of drug-likeness (QED) is 0.899. The van der Waals surface area contributed by atoms with Gasteiger partial charge in [0.2, 0.25) is 10.0 Å². The molecule has 0 saturated heterocycles. The Kier molecular flexibility index (Phi) is 3.50. The smallest absolute Gasteiger partial charge is 0.245 e. The molecule has 0 aliphatic heterocycles. The number of aryl methyl sites for hydroxylation is 2. The van der Waals surface area contributed by atoms with Gasteiger partial charge in [0.25, 0.3) is 0 Å². The van der Waals surface area contributed by atoms with Gasteiger partial charge in [-0.15, -0.1) is 11.3 Å². The van der Waals surface area contributed by atoms with E-state index in [4.69, 9.17) is 0 Å². The largest absolute Gasteiger partial charge is 0.281 e. The van der Waals surface area contributed by atoms with Crippen molar-refractivity contribution in [3.05, 3.63) is 28.0 Å². The Bertz CT molecular complexity index is 652. The third kappa shape index (κ3) is 2.70. The van der Waals surface area contributed by atoms with Crippen molar-refractivity contribution in [2.24, 2.45) is 0 Å². The lowest BCUT2D eigenvalue weighted by atomic mass is 10.1. The molecule has 0 unspecified atom stereocenters. The highest BCUT2D eigenvalue weighted by molar-refractivity contribution is 7.89. The standard InChI is InChI=1S/C11H16N4O2S2/c1-7-9(8(2)14-13-7)19(16,17)15-11(3,4)10-12-5-6-18-10/h5-6,15H,1-4H3,(H,13,14). The molecule has 8 heteroatoms. The second-order valence-corrected chi connectivity index (χ2v) is 7.34. The van der Waals surface area contributed by atoms with E-state index in [2.05, 4.69) is 19.9 Å². The van der Waals surface area contributed by atoms with Crippen LogP contribution in [0.3, 0.4) is 0 Å². The summed E-state index contributed by atoms with van der Waals surface area (Å²) in [5, 5.41) is 9.14. The van der Waals surface area contributed by atoms with E-state index in [-0.39, 0.29) is 4.90 Å². The summed E-state index contributed by atoms with van der Waals surface area (Å²) < 4.78 is 27.6. The molecule has 2 rings (SSSR count). The van der Waals surface area contributed by atoms with Gasteiger partial charge in [0.15, 0.2) is 0 Å². The monoisotopic (exact) mass is 300 g/mol. The van der Waals surface area contributed by atoms with Crippen LogP contribution in [0, 0.1) is 13.8 Å². The lowest BCUT2D eigenvalue weighted by molar-refractivity contribution is 0.469. The van der Waals surface area contributed by atoms with Crippen LogP contribution in [0.2, 0.25) is 0 Å². The first-order valence-electron chi connectivity index (χ1n) is 5.69. The molecular weight excluding hydrogens is 284 g/mol. The summed E-state index contributed by atoms with van der Waals surface area (Å²) in [6.45, 7) is 6.92. The van der Waals surface area contributed by atoms with Crippen LogP contribution in [-0.2, 0) is 15.6 Å². The van der Waals surface area contributed by atoms with Crippen LogP contribution in [0.1, 0.15) is 30.2 Å². The molecule has 0 aliphatic carbocycles. The van der Waals surface area contributed by atoms with Crippen molar-refractivity contribution < 1.29 is 8.42 Å². The summed E-state index contributed by atoms with van der Waals surface area (Å²) in [6.07, 6.45) is 1.66. The van der Waals surface area contributed by atoms with E-state index in [0.29, 0.717) is 11.4 Å². The van der Waals surface area contributed by atoms with Gasteiger partial charge < -0.3 is 0 Å². The Morgan fingerprint density at radius 2 is 2.05 bits per heavy atom. The van der Waals surface area contributed by atoms with Gasteiger partial charge >= 0.3 is 0 Å². The second-order valence-electron chi connectivity index (χ2n) is 4.83. The Balaban J connectivity index is 2.38. The molecule has 104 valence electrons. The summed E-state index contributed by atoms with van der Waals surface area (Å²) in [4.78, 5) is 4.37. The molecule has 2 aromatic heterocycles. The maximum absolute atomic E-state index is 12.5. The van der Waals surface area contributed by atoms with Gasteiger partial charge in [-0.05, 0) is 27.7 Å². The number of aromatic amines is 1. The van der Waals surface area contributed by atoms with Gasteiger partial charge in [-0.2, -0.15) is 9.82 Å². The summed E-state index contributed by atoms with van der Waals surface area (Å²) in [7, 11) is -3.64. The van der Waals surface area contributed by atoms with Crippen LogP contribution in [0.25, 0.3) is 0 Å². The molecule has 0 radical (unpaired) electrons. The molecule has 0 amide bonds. The fourth-order valence-corrected chi connectivity index (χ4v) is 4.44. The highest BCUT2D eigenvalue weighted by atomic mass is 32.2. The van der Waals surface area contributed by atoms with Crippen molar-refractivity contribution in [3.63, 3.8) is 0 Å². The predicted octanol–water partition coefficient (Wildman–Crippen LogP) is 1.70. The summed E-state index contributed by atoms with van der Waals surface area (Å²) in [6, 6.07) is 0. The van der Waals surface area contributed by atoms with E-state index in [1.807, 2.05) is 5.38 Å². The second kappa shape index (κ2) is 4.69. The van der Waals surface area contributed by atoms with E-state index in [0.717, 1.165) is 5.01 Å². The number of hydrogen-bond donors (Lipinski definition) is 2. The van der Waals surface area contributed by atoms with Crippen molar-refractivity contribution in [1.82, 2.24) is 19.9 Å². The van der Waals surface area contributed by atoms with Gasteiger partial charge in [0.05, 0.1) is 16.9 Å². The first-order valence-corrected chi connectivity index (χ1v) is 8.06. The van der Waals surface area contributed by atoms with E-state index in [1.165, 1.54) is 11.3 Å². The minimum absolute atomic E-state index is 0.206. The molecule has 0 atom stereocenters. The summed E-state index contributed by atoms with van der Waals surface area (Å²) in [5.41, 5.74) is 0.225. The molecule has 0 aromatic carbocycles. The number of sulfonamides is 1. The summed E-state index contributed by atoms with van der Waals surface area (Å²) in [5.74, 6) is 0. The van der Waals surface area contributed by atoms with Crippen molar-refractivity contribution in [2.75, 3.05) is 0 Å². The van der Waals surface area contributed by atoms with Crippen molar-refractivity contribution in [1.29, 1.82) is 0 Å². The summed E-state index contributed by atoms with van der Waals surface area (Å²) >= 11 is 1.41. The molecule has 2 N–H and O–H groups in total. The zero-order valence-electron chi connectivity index (χ0n) is 11.2. The van der Waals surface area contributed by atoms with Crippen molar-refractivity contribution >= 4 is 21.4 Å². The number of aromatic nitrogens is 3. The first-order chi connectivity index (χ1) is 8.74. The van der Waals surface area contributed by atoms with Crippen molar-refractivity contribution in [2.45, 2.75) is 38.1 Å². The van der Waals surface area contributed by atoms with E-state index in [9.17, 15) is 8.42 Å². The molecule has 0 spiro atoms. The minimum Gasteiger partial charge on any atom is -0.281 e. The van der Waals surface area contributed by atoms with E-state index in [1.54, 1.807) is 33.9 Å². The predicted molar refractivity (Wildman–Crippen MR) is 73.5 cm³/mol. The number of nitrogens with zero attached hydrogens (tertiary/aromatic N) is 2. The zero-order valence-corrected chi connectivity index (χ0v) is 12.8. The zero-order chi connectivity index (χ0) is 14.3. The highest BCUT2D eigenvalue weighted by Gasteiger charge is 2.32. The fraction of sp³-hybridized carbons (Fsp3) is 0.455. The van der Waals surface area contributed by atoms with Gasteiger partial charge in [0.1, 0.15) is 9.90 Å². The molecule has 6 nitrogen and oxygen atoms in total. The third-order valence-corrected chi connectivity index (χ3v) is 5.70. The Morgan fingerprint density at radius 1 is 1.37 bits per heavy atom. The van der Waals surface area contributed by atoms with E-state index < -0.39 is 15.6 Å². The molecule has 0 fully saturated rings. The van der Waals surface area contributed by atoms with Gasteiger partial charge in [-0.3, -0.25) is 5.10 Å². The number of thiazole rings is 1. The molecule has 2 heterocycles. The van der Waals surface area contributed by atoms with Crippen LogP contribution >= 0.6 is 11.3 Å². The number of hydrogen-bond acceptors (Lipinski definition) is 5. The molecule has 0 bridgehead atoms. The van der Waals surface area contributed by atoms with Crippen LogP contribution in [0.4, 0.5) is 0 Å². The van der Waals surface area contributed by atoms with Crippen LogP contribution in [0.5, 0.6) is 0 Å². The fourth-order valence-electron chi connectivity index (χ4n) is 1.90. The molecule has 19 heavy (non-hydrogen) atoms. The number of nitrogens with one attached hydrogen (secondary N) is 2. The van der Waals surface area contributed by atoms with E-state index >= 15 is 0 Å². The topological polar surface area (TPSA) is 87.7 Å². The van der Waals surface area contributed by atoms with Crippen LogP contribution in [0.15, 0.2) is 16.5 Å². The van der Waals surface area contributed by atoms with Crippen molar-refractivity contribution in [3.8, 4) is 0 Å². The SMILES string of the molecule is Cc1n[nH]c(C)c1S(=O)(=O)NC(C)(C)c1nccs1. The molecule has 2 aromatic rings. The highest BCUT2D eigenvalue weighted by Crippen LogP contribution is 2.26. The normalized spacial score (nSPS) is 12.8. The lowest BCUT2D eigenvalue weighted by Crippen LogP contribution is -2.41. The average molecular weight is 300 g/mol. The number of H-pyrrole nitrogens is 1. The van der Waals surface area contributed by atoms with Crippen LogP contribution in [-0.4, -0.2) is 23.6 Å². The average Bonchev–Trinajstić information content (AvgIpc) is 2.86. The number of rotatable bonds is 4. The first kappa shape index (κ1) is 14.2. The Hall–Kier alpha value is -1.25. The van der Waals surface area contributed by atoms with Gasteiger partial charge in [-0.1, -0.05) is 0 Å². The minimum atomic E-state index is -3.64. The van der Waals surface area contributed by atoms with Crippen LogP contribution < -0.4 is 4.72 Å². The third-order valence-electron chi connectivity index (χ3n) is 2.69. The Morgan fingerprint density at radius 3 is 2.53 bits per heavy atom. The maximum atomic E-state index is 12.5. The van der Waals surface area contributed by atoms with Gasteiger partial charge in [0, 0.05) is 11.6 Å². The molecule has 0 aliphatic rings.